The Morgan fingerprint density at radius 1 is 1.37 bits per heavy atom. The molecule has 1 aliphatic rings. The van der Waals surface area contributed by atoms with E-state index in [1.54, 1.807) is 6.07 Å². The molecule has 102 valence electrons. The van der Waals surface area contributed by atoms with Gasteiger partial charge in [-0.3, -0.25) is 4.79 Å². The van der Waals surface area contributed by atoms with Crippen LogP contribution in [-0.2, 0) is 9.53 Å². The number of carbonyl (C=O) groups excluding carboxylic acids is 1. The van der Waals surface area contributed by atoms with Crippen molar-refractivity contribution >= 4 is 23.3 Å². The van der Waals surface area contributed by atoms with Gasteiger partial charge in [0.15, 0.2) is 0 Å². The van der Waals surface area contributed by atoms with E-state index in [-0.39, 0.29) is 17.2 Å². The first-order valence-corrected chi connectivity index (χ1v) is 6.13. The lowest BCUT2D eigenvalue weighted by Gasteiger charge is -2.22. The van der Waals surface area contributed by atoms with Crippen LogP contribution in [0.25, 0.3) is 0 Å². The maximum absolute atomic E-state index is 12.0. The van der Waals surface area contributed by atoms with Crippen LogP contribution in [0.5, 0.6) is 0 Å². The van der Waals surface area contributed by atoms with E-state index in [0.717, 1.165) is 12.8 Å². The lowest BCUT2D eigenvalue weighted by molar-refractivity contribution is -0.129. The molecule has 0 spiro atoms. The molecular formula is C13H16N2O4. The minimum atomic E-state index is -1.13. The normalized spacial score (nSPS) is 18.8. The van der Waals surface area contributed by atoms with Gasteiger partial charge in [0, 0.05) is 12.3 Å². The van der Waals surface area contributed by atoms with E-state index in [4.69, 9.17) is 15.6 Å². The quantitative estimate of drug-likeness (QED) is 0.718. The fourth-order valence-electron chi connectivity index (χ4n) is 2.01. The fourth-order valence-corrected chi connectivity index (χ4v) is 2.01. The highest BCUT2D eigenvalue weighted by molar-refractivity contribution is 6.02. The molecule has 1 aromatic carbocycles. The molecular weight excluding hydrogens is 248 g/mol. The summed E-state index contributed by atoms with van der Waals surface area (Å²) in [5.41, 5.74) is 6.09. The van der Waals surface area contributed by atoms with Crippen molar-refractivity contribution in [3.63, 3.8) is 0 Å². The summed E-state index contributed by atoms with van der Waals surface area (Å²) < 4.78 is 5.35. The lowest BCUT2D eigenvalue weighted by atomic mass is 10.1. The van der Waals surface area contributed by atoms with Gasteiger partial charge < -0.3 is 20.9 Å². The number of ether oxygens (including phenoxy) is 1. The number of carboxylic acid groups (broad SMARTS) is 1. The number of amides is 1. The first-order chi connectivity index (χ1) is 9.08. The average Bonchev–Trinajstić information content (AvgIpc) is 2.41. The van der Waals surface area contributed by atoms with Crippen molar-refractivity contribution < 1.29 is 19.4 Å². The number of hydrogen-bond donors (Lipinski definition) is 3. The number of nitrogens with one attached hydrogen (secondary N) is 1. The molecule has 2 rings (SSSR count). The molecule has 1 saturated heterocycles. The van der Waals surface area contributed by atoms with Crippen molar-refractivity contribution in [2.45, 2.75) is 25.4 Å². The van der Waals surface area contributed by atoms with Gasteiger partial charge in [0.2, 0.25) is 0 Å². The molecule has 1 atom stereocenters. The van der Waals surface area contributed by atoms with Crippen molar-refractivity contribution in [1.29, 1.82) is 0 Å². The first-order valence-electron chi connectivity index (χ1n) is 6.13. The molecule has 1 heterocycles. The van der Waals surface area contributed by atoms with Crippen LogP contribution < -0.4 is 11.1 Å². The SMILES string of the molecule is Nc1ccc(NC(=O)C2CCCCO2)c(C(=O)O)c1. The molecule has 0 saturated carbocycles. The van der Waals surface area contributed by atoms with E-state index in [1.807, 2.05) is 0 Å². The van der Waals surface area contributed by atoms with Gasteiger partial charge in [0.1, 0.15) is 6.10 Å². The first kappa shape index (κ1) is 13.4. The summed E-state index contributed by atoms with van der Waals surface area (Å²) in [6, 6.07) is 4.35. The van der Waals surface area contributed by atoms with Crippen LogP contribution in [0.4, 0.5) is 11.4 Å². The molecule has 1 unspecified atom stereocenters. The monoisotopic (exact) mass is 264 g/mol. The standard InChI is InChI=1S/C13H16N2O4/c14-8-4-5-10(9(7-8)13(17)18)15-12(16)11-3-1-2-6-19-11/h4-5,7,11H,1-3,6,14H2,(H,15,16)(H,17,18). The van der Waals surface area contributed by atoms with E-state index >= 15 is 0 Å². The van der Waals surface area contributed by atoms with Crippen LogP contribution in [0.2, 0.25) is 0 Å². The third-order valence-corrected chi connectivity index (χ3v) is 3.00. The Kier molecular flexibility index (Phi) is 4.01. The topological polar surface area (TPSA) is 102 Å². The number of carbonyl (C=O) groups is 2. The summed E-state index contributed by atoms with van der Waals surface area (Å²) in [5.74, 6) is -1.45. The Morgan fingerprint density at radius 2 is 2.16 bits per heavy atom. The molecule has 1 aliphatic heterocycles. The van der Waals surface area contributed by atoms with Crippen molar-refractivity contribution in [3.05, 3.63) is 23.8 Å². The van der Waals surface area contributed by atoms with Gasteiger partial charge >= 0.3 is 5.97 Å². The predicted octanol–water partition coefficient (Wildman–Crippen LogP) is 1.47. The predicted molar refractivity (Wildman–Crippen MR) is 70.0 cm³/mol. The summed E-state index contributed by atoms with van der Waals surface area (Å²) in [6.45, 7) is 0.561. The van der Waals surface area contributed by atoms with Gasteiger partial charge in [-0.1, -0.05) is 0 Å². The number of anilines is 2. The molecule has 19 heavy (non-hydrogen) atoms. The van der Waals surface area contributed by atoms with Gasteiger partial charge in [-0.15, -0.1) is 0 Å². The minimum Gasteiger partial charge on any atom is -0.478 e. The van der Waals surface area contributed by atoms with Crippen LogP contribution in [-0.4, -0.2) is 29.7 Å². The van der Waals surface area contributed by atoms with Crippen molar-refractivity contribution in [3.8, 4) is 0 Å². The number of nitrogen functional groups attached to an aromatic ring is 1. The highest BCUT2D eigenvalue weighted by atomic mass is 16.5. The second-order valence-electron chi connectivity index (χ2n) is 4.45. The zero-order valence-electron chi connectivity index (χ0n) is 10.4. The Bertz CT molecular complexity index is 495. The van der Waals surface area contributed by atoms with E-state index in [2.05, 4.69) is 5.32 Å². The van der Waals surface area contributed by atoms with Gasteiger partial charge in [-0.2, -0.15) is 0 Å². The number of nitrogens with two attached hydrogens (primary N) is 1. The number of benzene rings is 1. The summed E-state index contributed by atoms with van der Waals surface area (Å²) in [7, 11) is 0. The summed E-state index contributed by atoms with van der Waals surface area (Å²) in [6.07, 6.45) is 2.04. The molecule has 6 nitrogen and oxygen atoms in total. The third-order valence-electron chi connectivity index (χ3n) is 3.00. The number of rotatable bonds is 3. The Labute approximate surface area is 110 Å². The van der Waals surface area contributed by atoms with Gasteiger partial charge in [0.05, 0.1) is 11.3 Å². The highest BCUT2D eigenvalue weighted by Crippen LogP contribution is 2.21. The van der Waals surface area contributed by atoms with E-state index in [1.165, 1.54) is 12.1 Å². The maximum atomic E-state index is 12.0. The molecule has 0 bridgehead atoms. The van der Waals surface area contributed by atoms with Crippen molar-refractivity contribution in [2.24, 2.45) is 0 Å². The molecule has 0 radical (unpaired) electrons. The van der Waals surface area contributed by atoms with Crippen molar-refractivity contribution in [1.82, 2.24) is 0 Å². The smallest absolute Gasteiger partial charge is 0.337 e. The average molecular weight is 264 g/mol. The molecule has 4 N–H and O–H groups in total. The molecule has 1 aromatic rings. The van der Waals surface area contributed by atoms with Crippen LogP contribution in [0.1, 0.15) is 29.6 Å². The number of carboxylic acids is 1. The second-order valence-corrected chi connectivity index (χ2v) is 4.45. The van der Waals surface area contributed by atoms with Gasteiger partial charge in [-0.25, -0.2) is 4.79 Å². The zero-order valence-corrected chi connectivity index (χ0v) is 10.4. The second kappa shape index (κ2) is 5.71. The van der Waals surface area contributed by atoms with Gasteiger partial charge in [-0.05, 0) is 37.5 Å². The van der Waals surface area contributed by atoms with E-state index in [9.17, 15) is 9.59 Å². The van der Waals surface area contributed by atoms with E-state index in [0.29, 0.717) is 18.7 Å². The lowest BCUT2D eigenvalue weighted by Crippen LogP contribution is -2.33. The van der Waals surface area contributed by atoms with Gasteiger partial charge in [0.25, 0.3) is 5.91 Å². The number of hydrogen-bond acceptors (Lipinski definition) is 4. The van der Waals surface area contributed by atoms with Crippen LogP contribution >= 0.6 is 0 Å². The molecule has 0 aromatic heterocycles. The van der Waals surface area contributed by atoms with Crippen LogP contribution in [0.3, 0.4) is 0 Å². The maximum Gasteiger partial charge on any atom is 0.337 e. The largest absolute Gasteiger partial charge is 0.478 e. The summed E-state index contributed by atoms with van der Waals surface area (Å²) in [4.78, 5) is 23.1. The number of aromatic carboxylic acids is 1. The molecule has 0 aliphatic carbocycles. The molecule has 6 heteroatoms. The Hall–Kier alpha value is -2.08. The minimum absolute atomic E-state index is 0.0239. The van der Waals surface area contributed by atoms with Crippen molar-refractivity contribution in [2.75, 3.05) is 17.7 Å². The third kappa shape index (κ3) is 3.23. The Balaban J connectivity index is 2.13. The van der Waals surface area contributed by atoms with Crippen LogP contribution in [0.15, 0.2) is 18.2 Å². The summed E-state index contributed by atoms with van der Waals surface area (Å²) in [5, 5.41) is 11.7. The summed E-state index contributed by atoms with van der Waals surface area (Å²) >= 11 is 0. The van der Waals surface area contributed by atoms with Crippen LogP contribution in [0, 0.1) is 0 Å². The molecule has 1 fully saturated rings. The van der Waals surface area contributed by atoms with E-state index < -0.39 is 12.1 Å². The Morgan fingerprint density at radius 3 is 2.79 bits per heavy atom. The zero-order chi connectivity index (χ0) is 13.8. The molecule has 1 amide bonds. The fraction of sp³-hybridized carbons (Fsp3) is 0.385. The highest BCUT2D eigenvalue weighted by Gasteiger charge is 2.23.